The van der Waals surface area contributed by atoms with Gasteiger partial charge in [-0.3, -0.25) is 10.1 Å². The first kappa shape index (κ1) is 16.8. The van der Waals surface area contributed by atoms with Crippen LogP contribution in [-0.2, 0) is 5.72 Å². The second kappa shape index (κ2) is 6.25. The van der Waals surface area contributed by atoms with E-state index in [1.165, 1.54) is 18.2 Å². The number of carbonyl (C=O) groups excluding carboxylic acids is 1. The van der Waals surface area contributed by atoms with E-state index in [-0.39, 0.29) is 11.1 Å². The molecule has 0 radical (unpaired) electrons. The Labute approximate surface area is 154 Å². The molecule has 134 valence electrons. The van der Waals surface area contributed by atoms with Crippen LogP contribution in [-0.4, -0.2) is 10.9 Å². The average Bonchev–Trinajstić information content (AvgIpc) is 3.05. The Morgan fingerprint density at radius 2 is 1.56 bits per heavy atom. The third-order valence-corrected chi connectivity index (χ3v) is 4.82. The number of nitro groups is 1. The van der Waals surface area contributed by atoms with Gasteiger partial charge < -0.3 is 14.6 Å². The fraction of sp³-hybridized carbons (Fsp3) is 0.0952. The van der Waals surface area contributed by atoms with Gasteiger partial charge in [0.15, 0.2) is 0 Å². The molecule has 2 atom stereocenters. The van der Waals surface area contributed by atoms with E-state index in [1.807, 2.05) is 6.07 Å². The predicted molar refractivity (Wildman–Crippen MR) is 94.8 cm³/mol. The summed E-state index contributed by atoms with van der Waals surface area (Å²) in [7, 11) is 0. The quantitative estimate of drug-likeness (QED) is 0.527. The molecule has 0 aromatic heterocycles. The average molecular weight is 360 g/mol. The van der Waals surface area contributed by atoms with Crippen LogP contribution in [0.4, 0.5) is 0 Å². The number of carboxylic acid groups (broad SMARTS) is 1. The van der Waals surface area contributed by atoms with E-state index in [2.05, 4.69) is 0 Å². The van der Waals surface area contributed by atoms with Crippen molar-refractivity contribution in [3.63, 3.8) is 0 Å². The monoisotopic (exact) mass is 360 g/mol. The first-order valence-corrected chi connectivity index (χ1v) is 8.34. The van der Waals surface area contributed by atoms with Gasteiger partial charge in [-0.05, 0) is 17.7 Å². The van der Waals surface area contributed by atoms with Crippen LogP contribution in [0.5, 0.6) is 5.75 Å². The molecule has 0 bridgehead atoms. The highest BCUT2D eigenvalue weighted by Crippen LogP contribution is 2.54. The van der Waals surface area contributed by atoms with Crippen molar-refractivity contribution in [2.45, 2.75) is 11.6 Å². The highest BCUT2D eigenvalue weighted by Gasteiger charge is 2.62. The Bertz CT molecular complexity index is 1030. The van der Waals surface area contributed by atoms with E-state index in [0.717, 1.165) is 0 Å². The normalized spacial score (nSPS) is 20.5. The van der Waals surface area contributed by atoms with Crippen molar-refractivity contribution in [3.8, 4) is 5.75 Å². The van der Waals surface area contributed by atoms with Crippen molar-refractivity contribution in [2.24, 2.45) is 0 Å². The maximum absolute atomic E-state index is 12.4. The summed E-state index contributed by atoms with van der Waals surface area (Å²) in [5.74, 6) is -1.94. The van der Waals surface area contributed by atoms with Gasteiger partial charge in [-0.2, -0.15) is 0 Å². The van der Waals surface area contributed by atoms with Crippen LogP contribution in [0.25, 0.3) is 0 Å². The van der Waals surface area contributed by atoms with Crippen LogP contribution in [0.3, 0.4) is 0 Å². The maximum atomic E-state index is 12.4. The third kappa shape index (κ3) is 2.45. The molecule has 6 nitrogen and oxygen atoms in total. The number of hydrogen-bond acceptors (Lipinski definition) is 5. The second-order valence-corrected chi connectivity index (χ2v) is 6.27. The SMILES string of the molecule is O=C([O-])c1ccccc1C1([N+](=O)[O-])Oc2ccccc2C1c1ccccc1. The predicted octanol–water partition coefficient (Wildman–Crippen LogP) is 2.70. The molecule has 1 aliphatic rings. The summed E-state index contributed by atoms with van der Waals surface area (Å²) in [4.78, 5) is 23.5. The lowest BCUT2D eigenvalue weighted by Crippen LogP contribution is -2.45. The van der Waals surface area contributed by atoms with Gasteiger partial charge in [-0.25, -0.2) is 0 Å². The van der Waals surface area contributed by atoms with Gasteiger partial charge >= 0.3 is 5.72 Å². The summed E-state index contributed by atoms with van der Waals surface area (Å²) in [6.45, 7) is 0. The molecule has 3 aromatic carbocycles. The Hall–Kier alpha value is -3.67. The summed E-state index contributed by atoms with van der Waals surface area (Å²) in [5.41, 5.74) is -1.12. The molecule has 1 aliphatic heterocycles. The number of nitrogens with zero attached hydrogens (tertiary/aromatic N) is 1. The number of para-hydroxylation sites is 1. The number of hydrogen-bond donors (Lipinski definition) is 0. The van der Waals surface area contributed by atoms with Crippen molar-refractivity contribution in [1.82, 2.24) is 0 Å². The second-order valence-electron chi connectivity index (χ2n) is 6.27. The Kier molecular flexibility index (Phi) is 3.88. The molecular formula is C21H14NO5-. The fourth-order valence-electron chi connectivity index (χ4n) is 3.73. The highest BCUT2D eigenvalue weighted by atomic mass is 16.7. The summed E-state index contributed by atoms with van der Waals surface area (Å²) in [6.07, 6.45) is 0. The number of carbonyl (C=O) groups is 1. The molecular weight excluding hydrogens is 346 g/mol. The van der Waals surface area contributed by atoms with E-state index in [0.29, 0.717) is 16.9 Å². The minimum atomic E-state index is -2.11. The zero-order chi connectivity index (χ0) is 19.0. The lowest BCUT2D eigenvalue weighted by Gasteiger charge is -2.28. The van der Waals surface area contributed by atoms with Gasteiger partial charge in [-0.1, -0.05) is 66.7 Å². The van der Waals surface area contributed by atoms with E-state index >= 15 is 0 Å². The molecule has 0 N–H and O–H groups in total. The number of fused-ring (bicyclic) bond motifs is 1. The summed E-state index contributed by atoms with van der Waals surface area (Å²) < 4.78 is 5.91. The standard InChI is InChI=1S/C21H15NO5/c23-20(24)15-10-4-6-12-17(15)21(22(25)26)19(14-8-2-1-3-9-14)16-11-5-7-13-18(16)27-21/h1-13,19H,(H,23,24)/p-1. The van der Waals surface area contributed by atoms with Crippen LogP contribution in [0.1, 0.15) is 33.0 Å². The van der Waals surface area contributed by atoms with Gasteiger partial charge in [0, 0.05) is 11.1 Å². The molecule has 0 saturated heterocycles. The Balaban J connectivity index is 2.06. The zero-order valence-corrected chi connectivity index (χ0v) is 14.1. The van der Waals surface area contributed by atoms with Gasteiger partial charge in [0.1, 0.15) is 11.7 Å². The first-order chi connectivity index (χ1) is 13.1. The highest BCUT2D eigenvalue weighted by molar-refractivity contribution is 5.88. The topological polar surface area (TPSA) is 92.5 Å². The first-order valence-electron chi connectivity index (χ1n) is 8.34. The summed E-state index contributed by atoms with van der Waals surface area (Å²) in [5, 5.41) is 24.1. The summed E-state index contributed by atoms with van der Waals surface area (Å²) in [6, 6.07) is 21.6. The summed E-state index contributed by atoms with van der Waals surface area (Å²) >= 11 is 0. The minimum absolute atomic E-state index is 0.0416. The zero-order valence-electron chi connectivity index (χ0n) is 14.1. The number of benzene rings is 3. The number of ether oxygens (including phenoxy) is 1. The number of aromatic carboxylic acids is 1. The van der Waals surface area contributed by atoms with Crippen LogP contribution in [0.15, 0.2) is 78.9 Å². The molecule has 0 fully saturated rings. The van der Waals surface area contributed by atoms with Crippen LogP contribution in [0, 0.1) is 10.1 Å². The molecule has 2 unspecified atom stereocenters. The molecule has 1 heterocycles. The van der Waals surface area contributed by atoms with Crippen LogP contribution >= 0.6 is 0 Å². The molecule has 0 spiro atoms. The van der Waals surface area contributed by atoms with Crippen molar-refractivity contribution < 1.29 is 19.6 Å². The Morgan fingerprint density at radius 3 is 2.26 bits per heavy atom. The molecule has 0 saturated carbocycles. The number of rotatable bonds is 4. The molecule has 0 amide bonds. The smallest absolute Gasteiger partial charge is 0.401 e. The largest absolute Gasteiger partial charge is 0.545 e. The number of carboxylic acids is 1. The van der Waals surface area contributed by atoms with E-state index in [1.54, 1.807) is 54.6 Å². The van der Waals surface area contributed by atoms with Crippen LogP contribution < -0.4 is 9.84 Å². The van der Waals surface area contributed by atoms with Gasteiger partial charge in [0.2, 0.25) is 0 Å². The fourth-order valence-corrected chi connectivity index (χ4v) is 3.73. The van der Waals surface area contributed by atoms with Gasteiger partial charge in [0.05, 0.1) is 16.5 Å². The van der Waals surface area contributed by atoms with E-state index < -0.39 is 22.5 Å². The molecule has 4 rings (SSSR count). The van der Waals surface area contributed by atoms with Crippen molar-refractivity contribution in [2.75, 3.05) is 0 Å². The lowest BCUT2D eigenvalue weighted by molar-refractivity contribution is -0.627. The third-order valence-electron chi connectivity index (χ3n) is 4.82. The molecule has 27 heavy (non-hydrogen) atoms. The van der Waals surface area contributed by atoms with E-state index in [9.17, 15) is 20.0 Å². The van der Waals surface area contributed by atoms with Gasteiger partial charge in [-0.15, -0.1) is 0 Å². The molecule has 6 heteroatoms. The maximum Gasteiger partial charge on any atom is 0.401 e. The van der Waals surface area contributed by atoms with Crippen molar-refractivity contribution in [3.05, 3.63) is 111 Å². The van der Waals surface area contributed by atoms with Crippen molar-refractivity contribution >= 4 is 5.97 Å². The minimum Gasteiger partial charge on any atom is -0.545 e. The van der Waals surface area contributed by atoms with Gasteiger partial charge in [0.25, 0.3) is 0 Å². The molecule has 3 aromatic rings. The van der Waals surface area contributed by atoms with Crippen molar-refractivity contribution in [1.29, 1.82) is 0 Å². The Morgan fingerprint density at radius 1 is 0.926 bits per heavy atom. The lowest BCUT2D eigenvalue weighted by atomic mass is 9.79. The van der Waals surface area contributed by atoms with Crippen LogP contribution in [0.2, 0.25) is 0 Å². The molecule has 0 aliphatic carbocycles. The van der Waals surface area contributed by atoms with E-state index in [4.69, 9.17) is 4.74 Å².